The molecule has 1 aromatic rings. The molecule has 1 fully saturated rings. The normalized spacial score (nSPS) is 24.4. The van der Waals surface area contributed by atoms with Crippen LogP contribution in [0.1, 0.15) is 45.9 Å². The van der Waals surface area contributed by atoms with Crippen molar-refractivity contribution < 1.29 is 0 Å². The number of hydrogen-bond donors (Lipinski definition) is 0. The molecule has 0 N–H and O–H groups in total. The fourth-order valence-electron chi connectivity index (χ4n) is 2.63. The predicted octanol–water partition coefficient (Wildman–Crippen LogP) is 3.46. The van der Waals surface area contributed by atoms with Crippen molar-refractivity contribution in [3.8, 4) is 0 Å². The monoisotopic (exact) mass is 253 g/mol. The average Bonchev–Trinajstić information content (AvgIpc) is 2.69. The molecule has 94 valence electrons. The van der Waals surface area contributed by atoms with Crippen LogP contribution in [-0.2, 0) is 6.42 Å². The van der Waals surface area contributed by atoms with Gasteiger partial charge in [-0.15, -0.1) is 0 Å². The van der Waals surface area contributed by atoms with Gasteiger partial charge in [0.25, 0.3) is 0 Å². The van der Waals surface area contributed by atoms with Crippen LogP contribution in [0.2, 0.25) is 5.15 Å². The van der Waals surface area contributed by atoms with Crippen LogP contribution in [0.15, 0.2) is 6.07 Å². The second-order valence-corrected chi connectivity index (χ2v) is 5.10. The summed E-state index contributed by atoms with van der Waals surface area (Å²) < 4.78 is 0. The molecule has 4 heteroatoms. The zero-order chi connectivity index (χ0) is 12.4. The zero-order valence-electron chi connectivity index (χ0n) is 10.8. The van der Waals surface area contributed by atoms with Crippen LogP contribution < -0.4 is 4.90 Å². The Bertz CT molecular complexity index is 394. The van der Waals surface area contributed by atoms with Gasteiger partial charge in [0.1, 0.15) is 16.8 Å². The van der Waals surface area contributed by atoms with Gasteiger partial charge in [-0.05, 0) is 26.2 Å². The molecule has 0 spiro atoms. The van der Waals surface area contributed by atoms with Crippen molar-refractivity contribution in [3.05, 3.63) is 17.0 Å². The minimum absolute atomic E-state index is 0.552. The van der Waals surface area contributed by atoms with Gasteiger partial charge < -0.3 is 4.90 Å². The first kappa shape index (κ1) is 12.6. The van der Waals surface area contributed by atoms with Gasteiger partial charge >= 0.3 is 0 Å². The Kier molecular flexibility index (Phi) is 3.87. The molecule has 0 aromatic carbocycles. The van der Waals surface area contributed by atoms with E-state index in [1.54, 1.807) is 0 Å². The van der Waals surface area contributed by atoms with Crippen LogP contribution in [0.25, 0.3) is 0 Å². The highest BCUT2D eigenvalue weighted by molar-refractivity contribution is 6.29. The number of aryl methyl sites for hydroxylation is 1. The third-order valence-corrected chi connectivity index (χ3v) is 3.76. The molecule has 2 heterocycles. The molecule has 1 saturated heterocycles. The summed E-state index contributed by atoms with van der Waals surface area (Å²) >= 11 is 6.07. The highest BCUT2D eigenvalue weighted by atomic mass is 35.5. The quantitative estimate of drug-likeness (QED) is 0.773. The van der Waals surface area contributed by atoms with Gasteiger partial charge in [0.15, 0.2) is 0 Å². The van der Waals surface area contributed by atoms with E-state index < -0.39 is 0 Å². The van der Waals surface area contributed by atoms with E-state index in [9.17, 15) is 0 Å². The van der Waals surface area contributed by atoms with Gasteiger partial charge in [0.2, 0.25) is 0 Å². The van der Waals surface area contributed by atoms with Crippen molar-refractivity contribution in [3.63, 3.8) is 0 Å². The molecule has 0 amide bonds. The van der Waals surface area contributed by atoms with E-state index in [1.807, 2.05) is 6.07 Å². The van der Waals surface area contributed by atoms with Crippen molar-refractivity contribution >= 4 is 17.4 Å². The lowest BCUT2D eigenvalue weighted by Gasteiger charge is -2.29. The standard InChI is InChI=1S/C13H20ClN3/c1-4-10-7-6-9(3)17(10)13-8-11(14)15-12(5-2)16-13/h8-10H,4-7H2,1-3H3. The number of rotatable bonds is 3. The van der Waals surface area contributed by atoms with Gasteiger partial charge in [-0.25, -0.2) is 9.97 Å². The SMILES string of the molecule is CCc1nc(Cl)cc(N2C(C)CCC2CC)n1. The predicted molar refractivity (Wildman–Crippen MR) is 71.7 cm³/mol. The van der Waals surface area contributed by atoms with E-state index in [0.29, 0.717) is 17.2 Å². The van der Waals surface area contributed by atoms with Crippen LogP contribution in [0.4, 0.5) is 5.82 Å². The van der Waals surface area contributed by atoms with E-state index >= 15 is 0 Å². The number of aromatic nitrogens is 2. The first-order valence-electron chi connectivity index (χ1n) is 6.47. The molecule has 2 rings (SSSR count). The number of hydrogen-bond acceptors (Lipinski definition) is 3. The Morgan fingerprint density at radius 3 is 2.76 bits per heavy atom. The van der Waals surface area contributed by atoms with Crippen LogP contribution in [-0.4, -0.2) is 22.1 Å². The van der Waals surface area contributed by atoms with Crippen LogP contribution in [0, 0.1) is 0 Å². The third-order valence-electron chi connectivity index (χ3n) is 3.57. The Hall–Kier alpha value is -0.830. The molecule has 2 unspecified atom stereocenters. The highest BCUT2D eigenvalue weighted by Crippen LogP contribution is 2.31. The lowest BCUT2D eigenvalue weighted by Crippen LogP contribution is -2.35. The van der Waals surface area contributed by atoms with Crippen molar-refractivity contribution in [1.82, 2.24) is 9.97 Å². The number of nitrogens with zero attached hydrogens (tertiary/aromatic N) is 3. The van der Waals surface area contributed by atoms with E-state index in [1.165, 1.54) is 12.8 Å². The lowest BCUT2D eigenvalue weighted by molar-refractivity contribution is 0.618. The average molecular weight is 254 g/mol. The lowest BCUT2D eigenvalue weighted by atomic mass is 10.1. The summed E-state index contributed by atoms with van der Waals surface area (Å²) in [7, 11) is 0. The molecule has 17 heavy (non-hydrogen) atoms. The summed E-state index contributed by atoms with van der Waals surface area (Å²) in [6.07, 6.45) is 4.47. The smallest absolute Gasteiger partial charge is 0.134 e. The van der Waals surface area contributed by atoms with E-state index in [0.717, 1.165) is 24.5 Å². The fourth-order valence-corrected chi connectivity index (χ4v) is 2.82. The highest BCUT2D eigenvalue weighted by Gasteiger charge is 2.30. The molecule has 0 radical (unpaired) electrons. The summed E-state index contributed by atoms with van der Waals surface area (Å²) in [5.74, 6) is 1.83. The van der Waals surface area contributed by atoms with Crippen molar-refractivity contribution in [2.24, 2.45) is 0 Å². The molecule has 1 aliphatic rings. The molecule has 0 aliphatic carbocycles. The van der Waals surface area contributed by atoms with Gasteiger partial charge in [0, 0.05) is 24.6 Å². The topological polar surface area (TPSA) is 29.0 Å². The third kappa shape index (κ3) is 2.54. The minimum atomic E-state index is 0.552. The molecule has 0 bridgehead atoms. The summed E-state index contributed by atoms with van der Waals surface area (Å²) in [6, 6.07) is 3.04. The minimum Gasteiger partial charge on any atom is -0.351 e. The van der Waals surface area contributed by atoms with E-state index in [2.05, 4.69) is 35.6 Å². The Morgan fingerprint density at radius 1 is 1.35 bits per heavy atom. The maximum absolute atomic E-state index is 6.07. The second kappa shape index (κ2) is 5.21. The molecule has 1 aromatic heterocycles. The van der Waals surface area contributed by atoms with Gasteiger partial charge in [-0.1, -0.05) is 25.4 Å². The maximum Gasteiger partial charge on any atom is 0.134 e. The van der Waals surface area contributed by atoms with Crippen LogP contribution >= 0.6 is 11.6 Å². The molecular weight excluding hydrogens is 234 g/mol. The Balaban J connectivity index is 2.34. The number of halogens is 1. The Morgan fingerprint density at radius 2 is 2.12 bits per heavy atom. The summed E-state index contributed by atoms with van der Waals surface area (Å²) in [5, 5.41) is 0.556. The second-order valence-electron chi connectivity index (χ2n) is 4.71. The first-order valence-corrected chi connectivity index (χ1v) is 6.85. The summed E-state index contributed by atoms with van der Waals surface area (Å²) in [6.45, 7) is 6.55. The van der Waals surface area contributed by atoms with Crippen molar-refractivity contribution in [1.29, 1.82) is 0 Å². The molecule has 3 nitrogen and oxygen atoms in total. The largest absolute Gasteiger partial charge is 0.351 e. The van der Waals surface area contributed by atoms with Crippen LogP contribution in [0.5, 0.6) is 0 Å². The van der Waals surface area contributed by atoms with Crippen molar-refractivity contribution in [2.45, 2.75) is 58.5 Å². The van der Waals surface area contributed by atoms with Crippen molar-refractivity contribution in [2.75, 3.05) is 4.90 Å². The molecule has 2 atom stereocenters. The van der Waals surface area contributed by atoms with Gasteiger partial charge in [-0.3, -0.25) is 0 Å². The molecule has 0 saturated carbocycles. The number of anilines is 1. The van der Waals surface area contributed by atoms with Crippen LogP contribution in [0.3, 0.4) is 0 Å². The Labute approximate surface area is 108 Å². The first-order chi connectivity index (χ1) is 8.15. The summed E-state index contributed by atoms with van der Waals surface area (Å²) in [4.78, 5) is 11.2. The van der Waals surface area contributed by atoms with E-state index in [4.69, 9.17) is 11.6 Å². The zero-order valence-corrected chi connectivity index (χ0v) is 11.5. The van der Waals surface area contributed by atoms with Gasteiger partial charge in [-0.2, -0.15) is 0 Å². The van der Waals surface area contributed by atoms with E-state index in [-0.39, 0.29) is 0 Å². The van der Waals surface area contributed by atoms with Gasteiger partial charge in [0.05, 0.1) is 0 Å². The molecular formula is C13H20ClN3. The molecule has 1 aliphatic heterocycles. The fraction of sp³-hybridized carbons (Fsp3) is 0.692. The maximum atomic E-state index is 6.07. The summed E-state index contributed by atoms with van der Waals surface area (Å²) in [5.41, 5.74) is 0.